The Morgan fingerprint density at radius 3 is 2.46 bits per heavy atom. The van der Waals surface area contributed by atoms with Crippen molar-refractivity contribution in [3.05, 3.63) is 47.5 Å². The first-order valence-electron chi connectivity index (χ1n) is 8.93. The number of thioether (sulfide) groups is 1. The number of carbonyl (C=O) groups is 1. The quantitative estimate of drug-likeness (QED) is 0.612. The average Bonchev–Trinajstić information content (AvgIpc) is 2.61. The van der Waals surface area contributed by atoms with Gasteiger partial charge < -0.3 is 14.8 Å². The van der Waals surface area contributed by atoms with E-state index in [-0.39, 0.29) is 5.91 Å². The summed E-state index contributed by atoms with van der Waals surface area (Å²) in [5, 5.41) is 2.94. The van der Waals surface area contributed by atoms with Crippen molar-refractivity contribution >= 4 is 23.4 Å². The van der Waals surface area contributed by atoms with Crippen molar-refractivity contribution in [2.75, 3.05) is 24.3 Å². The van der Waals surface area contributed by atoms with E-state index in [1.807, 2.05) is 32.0 Å². The summed E-state index contributed by atoms with van der Waals surface area (Å²) in [6.07, 6.45) is 0.433. The molecule has 0 aliphatic rings. The molecule has 0 radical (unpaired) electrons. The molecule has 0 saturated carbocycles. The van der Waals surface area contributed by atoms with E-state index in [0.29, 0.717) is 31.1 Å². The third-order valence-electron chi connectivity index (χ3n) is 3.91. The van der Waals surface area contributed by atoms with Gasteiger partial charge in [0.25, 0.3) is 0 Å². The Morgan fingerprint density at radius 2 is 1.77 bits per heavy atom. The smallest absolute Gasteiger partial charge is 0.225 e. The van der Waals surface area contributed by atoms with E-state index in [1.54, 1.807) is 11.8 Å². The van der Waals surface area contributed by atoms with Crippen LogP contribution in [-0.2, 0) is 4.79 Å². The highest BCUT2D eigenvalue weighted by atomic mass is 32.2. The molecule has 0 atom stereocenters. The molecule has 140 valence electrons. The molecule has 2 aromatic carbocycles. The lowest BCUT2D eigenvalue weighted by Gasteiger charge is -2.13. The summed E-state index contributed by atoms with van der Waals surface area (Å²) in [6.45, 7) is 9.17. The Balaban J connectivity index is 1.93. The second-order valence-electron chi connectivity index (χ2n) is 5.92. The van der Waals surface area contributed by atoms with Gasteiger partial charge in [-0.15, -0.1) is 11.8 Å². The molecule has 2 aromatic rings. The number of anilines is 1. The molecule has 0 spiro atoms. The normalized spacial score (nSPS) is 10.5. The fraction of sp³-hybridized carbons (Fsp3) is 0.381. The van der Waals surface area contributed by atoms with E-state index < -0.39 is 0 Å². The van der Waals surface area contributed by atoms with Crippen LogP contribution < -0.4 is 14.8 Å². The molecule has 5 heteroatoms. The van der Waals surface area contributed by atoms with E-state index >= 15 is 0 Å². The number of carbonyl (C=O) groups excluding carboxylic acids is 1. The van der Waals surface area contributed by atoms with E-state index in [1.165, 1.54) is 16.0 Å². The van der Waals surface area contributed by atoms with Crippen LogP contribution >= 0.6 is 11.8 Å². The Hall–Kier alpha value is -2.14. The Morgan fingerprint density at radius 1 is 1.00 bits per heavy atom. The van der Waals surface area contributed by atoms with Crippen molar-refractivity contribution in [2.45, 2.75) is 39.0 Å². The molecular weight excluding hydrogens is 346 g/mol. The van der Waals surface area contributed by atoms with E-state index in [4.69, 9.17) is 9.47 Å². The highest BCUT2D eigenvalue weighted by Gasteiger charge is 2.10. The zero-order chi connectivity index (χ0) is 18.9. The molecule has 1 N–H and O–H groups in total. The number of hydrogen-bond acceptors (Lipinski definition) is 4. The van der Waals surface area contributed by atoms with Gasteiger partial charge in [-0.25, -0.2) is 0 Å². The Kier molecular flexibility index (Phi) is 7.85. The molecule has 0 bridgehead atoms. The van der Waals surface area contributed by atoms with Crippen LogP contribution in [-0.4, -0.2) is 24.9 Å². The summed E-state index contributed by atoms with van der Waals surface area (Å²) in [6, 6.07) is 11.9. The maximum absolute atomic E-state index is 12.3. The minimum absolute atomic E-state index is 0.0315. The second-order valence-corrected chi connectivity index (χ2v) is 7.09. The first-order chi connectivity index (χ1) is 12.5. The molecule has 4 nitrogen and oxygen atoms in total. The number of rotatable bonds is 9. The number of amides is 1. The largest absolute Gasteiger partial charge is 0.494 e. The predicted molar refractivity (Wildman–Crippen MR) is 109 cm³/mol. The van der Waals surface area contributed by atoms with Crippen molar-refractivity contribution in [1.82, 2.24) is 0 Å². The lowest BCUT2D eigenvalue weighted by atomic mass is 10.1. The summed E-state index contributed by atoms with van der Waals surface area (Å²) in [4.78, 5) is 13.5. The van der Waals surface area contributed by atoms with Gasteiger partial charge in [0.1, 0.15) is 11.5 Å². The summed E-state index contributed by atoms with van der Waals surface area (Å²) >= 11 is 1.69. The van der Waals surface area contributed by atoms with Gasteiger partial charge in [0, 0.05) is 23.1 Å². The second kappa shape index (κ2) is 10.1. The predicted octanol–water partition coefficient (Wildman–Crippen LogP) is 5.22. The summed E-state index contributed by atoms with van der Waals surface area (Å²) in [5.41, 5.74) is 3.21. The number of ether oxygens (including phenoxy) is 2. The van der Waals surface area contributed by atoms with Crippen LogP contribution in [0, 0.1) is 13.8 Å². The fourth-order valence-corrected chi connectivity index (χ4v) is 3.37. The molecule has 1 amide bonds. The Bertz CT molecular complexity index is 746. The van der Waals surface area contributed by atoms with Crippen LogP contribution in [0.1, 0.15) is 31.4 Å². The number of hydrogen-bond donors (Lipinski definition) is 1. The van der Waals surface area contributed by atoms with Crippen molar-refractivity contribution in [2.24, 2.45) is 0 Å². The Labute approximate surface area is 160 Å². The topological polar surface area (TPSA) is 47.6 Å². The third-order valence-corrected chi connectivity index (χ3v) is 4.91. The van der Waals surface area contributed by atoms with Crippen LogP contribution in [0.5, 0.6) is 11.5 Å². The number of benzene rings is 2. The van der Waals surface area contributed by atoms with Crippen LogP contribution in [0.3, 0.4) is 0 Å². The van der Waals surface area contributed by atoms with E-state index in [2.05, 4.69) is 37.4 Å². The highest BCUT2D eigenvalue weighted by Crippen LogP contribution is 2.30. The minimum Gasteiger partial charge on any atom is -0.494 e. The minimum atomic E-state index is -0.0315. The monoisotopic (exact) mass is 373 g/mol. The van der Waals surface area contributed by atoms with Gasteiger partial charge in [-0.1, -0.05) is 6.07 Å². The van der Waals surface area contributed by atoms with Gasteiger partial charge in [0.05, 0.1) is 18.9 Å². The number of aryl methyl sites for hydroxylation is 2. The van der Waals surface area contributed by atoms with Crippen LogP contribution in [0.15, 0.2) is 41.3 Å². The lowest BCUT2D eigenvalue weighted by Crippen LogP contribution is -2.13. The van der Waals surface area contributed by atoms with Crippen molar-refractivity contribution < 1.29 is 14.3 Å². The lowest BCUT2D eigenvalue weighted by molar-refractivity contribution is -0.115. The maximum atomic E-state index is 12.3. The SMILES string of the molecule is CCOc1ccc(OCC)c(NC(=O)CCSc2ccc(C)c(C)c2)c1. The van der Waals surface area contributed by atoms with Gasteiger partial charge in [0.2, 0.25) is 5.91 Å². The first kappa shape index (κ1) is 20.2. The number of nitrogens with one attached hydrogen (secondary N) is 1. The summed E-state index contributed by atoms with van der Waals surface area (Å²) in [7, 11) is 0. The van der Waals surface area contributed by atoms with E-state index in [0.717, 1.165) is 11.5 Å². The first-order valence-corrected chi connectivity index (χ1v) is 9.91. The van der Waals surface area contributed by atoms with Crippen LogP contribution in [0.2, 0.25) is 0 Å². The van der Waals surface area contributed by atoms with E-state index in [9.17, 15) is 4.79 Å². The summed E-state index contributed by atoms with van der Waals surface area (Å²) in [5.74, 6) is 2.07. The molecule has 0 aromatic heterocycles. The fourth-order valence-electron chi connectivity index (χ4n) is 2.42. The van der Waals surface area contributed by atoms with Crippen molar-refractivity contribution in [3.8, 4) is 11.5 Å². The van der Waals surface area contributed by atoms with Gasteiger partial charge in [-0.2, -0.15) is 0 Å². The van der Waals surface area contributed by atoms with Crippen molar-refractivity contribution in [1.29, 1.82) is 0 Å². The zero-order valence-corrected chi connectivity index (χ0v) is 16.7. The van der Waals surface area contributed by atoms with Crippen LogP contribution in [0.4, 0.5) is 5.69 Å². The molecule has 0 unspecified atom stereocenters. The third kappa shape index (κ3) is 5.99. The van der Waals surface area contributed by atoms with Gasteiger partial charge in [-0.05, 0) is 63.1 Å². The van der Waals surface area contributed by atoms with Gasteiger partial charge >= 0.3 is 0 Å². The highest BCUT2D eigenvalue weighted by molar-refractivity contribution is 7.99. The van der Waals surface area contributed by atoms with Crippen molar-refractivity contribution in [3.63, 3.8) is 0 Å². The summed E-state index contributed by atoms with van der Waals surface area (Å²) < 4.78 is 11.1. The maximum Gasteiger partial charge on any atom is 0.225 e. The molecule has 0 aliphatic carbocycles. The standard InChI is InChI=1S/C21H27NO3S/c1-5-24-17-8-10-20(25-6-2)19(14-17)22-21(23)11-12-26-18-9-7-15(3)16(4)13-18/h7-10,13-14H,5-6,11-12H2,1-4H3,(H,22,23). The molecule has 0 heterocycles. The molecule has 2 rings (SSSR count). The van der Waals surface area contributed by atoms with Gasteiger partial charge in [-0.3, -0.25) is 4.79 Å². The van der Waals surface area contributed by atoms with Gasteiger partial charge in [0.15, 0.2) is 0 Å². The average molecular weight is 374 g/mol. The zero-order valence-electron chi connectivity index (χ0n) is 15.9. The molecule has 26 heavy (non-hydrogen) atoms. The molecule has 0 saturated heterocycles. The molecule has 0 fully saturated rings. The molecule has 0 aliphatic heterocycles. The molecular formula is C21H27NO3S. The van der Waals surface area contributed by atoms with Crippen LogP contribution in [0.25, 0.3) is 0 Å².